The van der Waals surface area contributed by atoms with Crippen LogP contribution >= 0.6 is 0 Å². The van der Waals surface area contributed by atoms with E-state index in [1.54, 1.807) is 35.0 Å². The SMILES string of the molecule is CCN(CC)C(=O)CN(C)CC(O)c1ccccc1F. The highest BCUT2D eigenvalue weighted by Gasteiger charge is 2.17. The minimum absolute atomic E-state index is 0.0123. The fourth-order valence-corrected chi connectivity index (χ4v) is 2.11. The molecule has 1 atom stereocenters. The van der Waals surface area contributed by atoms with Crippen molar-refractivity contribution in [3.63, 3.8) is 0 Å². The van der Waals surface area contributed by atoms with Crippen molar-refractivity contribution in [2.24, 2.45) is 0 Å². The molecular weight excluding hydrogens is 259 g/mol. The van der Waals surface area contributed by atoms with E-state index in [4.69, 9.17) is 0 Å². The predicted molar refractivity (Wildman–Crippen MR) is 76.8 cm³/mol. The summed E-state index contributed by atoms with van der Waals surface area (Å²) < 4.78 is 13.5. The predicted octanol–water partition coefficient (Wildman–Crippen LogP) is 1.66. The van der Waals surface area contributed by atoms with Gasteiger partial charge in [0, 0.05) is 25.2 Å². The molecule has 0 saturated carbocycles. The van der Waals surface area contributed by atoms with Gasteiger partial charge in [-0.15, -0.1) is 0 Å². The highest BCUT2D eigenvalue weighted by atomic mass is 19.1. The van der Waals surface area contributed by atoms with E-state index in [0.29, 0.717) is 13.1 Å². The molecule has 0 fully saturated rings. The molecule has 1 aromatic carbocycles. The third-order valence-corrected chi connectivity index (χ3v) is 3.27. The van der Waals surface area contributed by atoms with Crippen LogP contribution in [-0.2, 0) is 4.79 Å². The quantitative estimate of drug-likeness (QED) is 0.827. The number of likely N-dealkylation sites (N-methyl/N-ethyl adjacent to an activating group) is 2. The zero-order chi connectivity index (χ0) is 15.1. The fourth-order valence-electron chi connectivity index (χ4n) is 2.11. The summed E-state index contributed by atoms with van der Waals surface area (Å²) in [6.07, 6.45) is -0.939. The summed E-state index contributed by atoms with van der Waals surface area (Å²) in [5.41, 5.74) is 0.259. The van der Waals surface area contributed by atoms with Crippen LogP contribution in [0.25, 0.3) is 0 Å². The Kier molecular flexibility index (Phi) is 6.61. The Morgan fingerprint density at radius 1 is 1.30 bits per heavy atom. The third-order valence-electron chi connectivity index (χ3n) is 3.27. The van der Waals surface area contributed by atoms with Gasteiger partial charge in [0.1, 0.15) is 5.82 Å². The third kappa shape index (κ3) is 4.58. The molecule has 20 heavy (non-hydrogen) atoms. The fraction of sp³-hybridized carbons (Fsp3) is 0.533. The number of hydrogen-bond acceptors (Lipinski definition) is 3. The summed E-state index contributed by atoms with van der Waals surface area (Å²) in [7, 11) is 1.74. The minimum atomic E-state index is -0.939. The zero-order valence-corrected chi connectivity index (χ0v) is 12.3. The van der Waals surface area contributed by atoms with Gasteiger partial charge in [0.15, 0.2) is 0 Å². The second-order valence-corrected chi connectivity index (χ2v) is 4.80. The maximum Gasteiger partial charge on any atom is 0.236 e. The van der Waals surface area contributed by atoms with Gasteiger partial charge in [-0.2, -0.15) is 0 Å². The minimum Gasteiger partial charge on any atom is -0.387 e. The molecule has 0 aliphatic carbocycles. The molecule has 1 N–H and O–H groups in total. The van der Waals surface area contributed by atoms with Gasteiger partial charge < -0.3 is 10.0 Å². The molecule has 0 saturated heterocycles. The number of carbonyl (C=O) groups is 1. The van der Waals surface area contributed by atoms with Crippen LogP contribution in [0.3, 0.4) is 0 Å². The van der Waals surface area contributed by atoms with Gasteiger partial charge in [0.25, 0.3) is 0 Å². The molecule has 1 amide bonds. The van der Waals surface area contributed by atoms with Gasteiger partial charge in [-0.1, -0.05) is 18.2 Å². The standard InChI is InChI=1S/C15H23FN2O2/c1-4-18(5-2)15(20)11-17(3)10-14(19)12-8-6-7-9-13(12)16/h6-9,14,19H,4-5,10-11H2,1-3H3. The van der Waals surface area contributed by atoms with Crippen LogP contribution in [0.2, 0.25) is 0 Å². The van der Waals surface area contributed by atoms with E-state index >= 15 is 0 Å². The van der Waals surface area contributed by atoms with Crippen molar-refractivity contribution in [1.29, 1.82) is 0 Å². The normalized spacial score (nSPS) is 12.5. The maximum atomic E-state index is 13.5. The first-order valence-corrected chi connectivity index (χ1v) is 6.88. The van der Waals surface area contributed by atoms with Gasteiger partial charge in [0.05, 0.1) is 12.6 Å². The molecule has 1 rings (SSSR count). The summed E-state index contributed by atoms with van der Waals surface area (Å²) in [5.74, 6) is -0.415. The van der Waals surface area contributed by atoms with Gasteiger partial charge in [0.2, 0.25) is 5.91 Å². The van der Waals surface area contributed by atoms with Crippen molar-refractivity contribution in [1.82, 2.24) is 9.80 Å². The molecule has 1 unspecified atom stereocenters. The largest absolute Gasteiger partial charge is 0.387 e. The molecule has 1 aromatic rings. The van der Waals surface area contributed by atoms with Crippen molar-refractivity contribution in [3.8, 4) is 0 Å². The second-order valence-electron chi connectivity index (χ2n) is 4.80. The Balaban J connectivity index is 2.56. The summed E-state index contributed by atoms with van der Waals surface area (Å²) in [6.45, 7) is 5.62. The molecule has 0 aliphatic rings. The number of nitrogens with zero attached hydrogens (tertiary/aromatic N) is 2. The monoisotopic (exact) mass is 282 g/mol. The van der Waals surface area contributed by atoms with E-state index in [9.17, 15) is 14.3 Å². The number of aliphatic hydroxyl groups excluding tert-OH is 1. The molecule has 4 nitrogen and oxygen atoms in total. The molecule has 0 radical (unpaired) electrons. The van der Waals surface area contributed by atoms with E-state index in [1.165, 1.54) is 6.07 Å². The van der Waals surface area contributed by atoms with Crippen LogP contribution in [0, 0.1) is 5.82 Å². The van der Waals surface area contributed by atoms with Crippen molar-refractivity contribution >= 4 is 5.91 Å². The summed E-state index contributed by atoms with van der Waals surface area (Å²) in [6, 6.07) is 6.14. The number of hydrogen-bond donors (Lipinski definition) is 1. The zero-order valence-electron chi connectivity index (χ0n) is 12.3. The van der Waals surface area contributed by atoms with Crippen LogP contribution in [0.15, 0.2) is 24.3 Å². The highest BCUT2D eigenvalue weighted by Crippen LogP contribution is 2.17. The number of halogens is 1. The Bertz CT molecular complexity index is 436. The van der Waals surface area contributed by atoms with Crippen molar-refractivity contribution < 1.29 is 14.3 Å². The lowest BCUT2D eigenvalue weighted by Crippen LogP contribution is -2.40. The van der Waals surface area contributed by atoms with Gasteiger partial charge in [-0.25, -0.2) is 4.39 Å². The second kappa shape index (κ2) is 7.97. The molecule has 0 heterocycles. The van der Waals surface area contributed by atoms with Crippen LogP contribution in [-0.4, -0.2) is 54.0 Å². The molecule has 0 aliphatic heterocycles. The molecule has 0 spiro atoms. The van der Waals surface area contributed by atoms with Gasteiger partial charge in [-0.3, -0.25) is 9.69 Å². The van der Waals surface area contributed by atoms with Crippen molar-refractivity contribution in [2.75, 3.05) is 33.2 Å². The van der Waals surface area contributed by atoms with E-state index < -0.39 is 11.9 Å². The van der Waals surface area contributed by atoms with E-state index in [2.05, 4.69) is 0 Å². The van der Waals surface area contributed by atoms with Crippen LogP contribution < -0.4 is 0 Å². The first-order chi connectivity index (χ1) is 9.49. The lowest BCUT2D eigenvalue weighted by molar-refractivity contribution is -0.132. The highest BCUT2D eigenvalue weighted by molar-refractivity contribution is 5.78. The molecule has 112 valence electrons. The smallest absolute Gasteiger partial charge is 0.236 e. The van der Waals surface area contributed by atoms with Crippen LogP contribution in [0.4, 0.5) is 4.39 Å². The average molecular weight is 282 g/mol. The van der Waals surface area contributed by atoms with Crippen molar-refractivity contribution in [3.05, 3.63) is 35.6 Å². The average Bonchev–Trinajstić information content (AvgIpc) is 2.40. The van der Waals surface area contributed by atoms with E-state index in [-0.39, 0.29) is 24.6 Å². The summed E-state index contributed by atoms with van der Waals surface area (Å²) in [4.78, 5) is 15.4. The van der Waals surface area contributed by atoms with Gasteiger partial charge >= 0.3 is 0 Å². The maximum absolute atomic E-state index is 13.5. The van der Waals surface area contributed by atoms with Crippen molar-refractivity contribution in [2.45, 2.75) is 20.0 Å². The Morgan fingerprint density at radius 2 is 1.90 bits per heavy atom. The van der Waals surface area contributed by atoms with Gasteiger partial charge in [-0.05, 0) is 27.0 Å². The van der Waals surface area contributed by atoms with Crippen LogP contribution in [0.5, 0.6) is 0 Å². The lowest BCUT2D eigenvalue weighted by Gasteiger charge is -2.24. The number of rotatable bonds is 7. The first-order valence-electron chi connectivity index (χ1n) is 6.88. The van der Waals surface area contributed by atoms with E-state index in [1.807, 2.05) is 13.8 Å². The number of carbonyl (C=O) groups excluding carboxylic acids is 1. The molecule has 0 aromatic heterocycles. The number of benzene rings is 1. The Hall–Kier alpha value is -1.46. The topological polar surface area (TPSA) is 43.8 Å². The molecule has 0 bridgehead atoms. The number of aliphatic hydroxyl groups is 1. The van der Waals surface area contributed by atoms with E-state index in [0.717, 1.165) is 0 Å². The lowest BCUT2D eigenvalue weighted by atomic mass is 10.1. The summed E-state index contributed by atoms with van der Waals surface area (Å²) in [5, 5.41) is 10.0. The van der Waals surface area contributed by atoms with Crippen LogP contribution in [0.1, 0.15) is 25.5 Å². The number of amides is 1. The summed E-state index contributed by atoms with van der Waals surface area (Å²) >= 11 is 0. The molecule has 5 heteroatoms. The Labute approximate surface area is 119 Å². The first kappa shape index (κ1) is 16.6. The molecular formula is C15H23FN2O2. The Morgan fingerprint density at radius 3 is 2.45 bits per heavy atom.